The third kappa shape index (κ3) is 3.48. The second-order valence-electron chi connectivity index (χ2n) is 5.71. The average Bonchev–Trinajstić information content (AvgIpc) is 3.08. The van der Waals surface area contributed by atoms with E-state index in [0.717, 1.165) is 5.69 Å². The molecular weight excluding hydrogens is 350 g/mol. The molecule has 1 fully saturated rings. The quantitative estimate of drug-likeness (QED) is 0.831. The maximum Gasteiger partial charge on any atom is 0.254 e. The van der Waals surface area contributed by atoms with Crippen LogP contribution in [0.5, 0.6) is 0 Å². The summed E-state index contributed by atoms with van der Waals surface area (Å²) in [5.41, 5.74) is 1.28. The molecular formula is C16H18ClN3O3S. The van der Waals surface area contributed by atoms with Gasteiger partial charge in [-0.1, -0.05) is 11.6 Å². The van der Waals surface area contributed by atoms with E-state index < -0.39 is 10.0 Å². The summed E-state index contributed by atoms with van der Waals surface area (Å²) < 4.78 is 26.3. The highest BCUT2D eigenvalue weighted by Gasteiger charge is 2.26. The summed E-state index contributed by atoms with van der Waals surface area (Å²) in [5, 5.41) is 0.560. The maximum atomic E-state index is 12.7. The van der Waals surface area contributed by atoms with Gasteiger partial charge in [-0.3, -0.25) is 4.79 Å². The normalized spacial score (nSPS) is 16.3. The first kappa shape index (κ1) is 17.0. The number of carbonyl (C=O) groups excluding carboxylic acids is 1. The maximum absolute atomic E-state index is 12.7. The van der Waals surface area contributed by atoms with Crippen molar-refractivity contribution < 1.29 is 13.2 Å². The fourth-order valence-corrected chi connectivity index (χ4v) is 3.79. The number of carbonyl (C=O) groups is 1. The Kier molecular flexibility index (Phi) is 4.67. The molecule has 1 aromatic heterocycles. The Hall–Kier alpha value is -1.83. The van der Waals surface area contributed by atoms with Gasteiger partial charge in [0.1, 0.15) is 0 Å². The fraction of sp³-hybridized carbons (Fsp3) is 0.312. The Morgan fingerprint density at radius 1 is 1.08 bits per heavy atom. The van der Waals surface area contributed by atoms with Crippen LogP contribution in [0.3, 0.4) is 0 Å². The minimum atomic E-state index is -3.21. The van der Waals surface area contributed by atoms with Gasteiger partial charge in [0.25, 0.3) is 5.91 Å². The molecule has 1 saturated heterocycles. The van der Waals surface area contributed by atoms with Crippen LogP contribution in [0.1, 0.15) is 10.4 Å². The van der Waals surface area contributed by atoms with Crippen LogP contribution in [0.15, 0.2) is 42.7 Å². The molecule has 0 bridgehead atoms. The van der Waals surface area contributed by atoms with E-state index in [9.17, 15) is 13.2 Å². The van der Waals surface area contributed by atoms with Gasteiger partial charge in [-0.25, -0.2) is 8.42 Å². The lowest BCUT2D eigenvalue weighted by Gasteiger charge is -2.33. The highest BCUT2D eigenvalue weighted by Crippen LogP contribution is 2.23. The van der Waals surface area contributed by atoms with Gasteiger partial charge in [-0.05, 0) is 30.3 Å². The molecule has 1 aliphatic heterocycles. The molecule has 2 aromatic rings. The summed E-state index contributed by atoms with van der Waals surface area (Å²) in [6, 6.07) is 8.93. The van der Waals surface area contributed by atoms with Crippen molar-refractivity contribution in [2.75, 3.05) is 32.4 Å². The van der Waals surface area contributed by atoms with E-state index in [1.807, 2.05) is 29.1 Å². The first-order valence-electron chi connectivity index (χ1n) is 7.53. The first-order chi connectivity index (χ1) is 11.4. The molecule has 8 heteroatoms. The van der Waals surface area contributed by atoms with Crippen molar-refractivity contribution in [2.45, 2.75) is 0 Å². The molecule has 24 heavy (non-hydrogen) atoms. The molecule has 1 aliphatic rings. The van der Waals surface area contributed by atoms with E-state index in [0.29, 0.717) is 36.8 Å². The predicted molar refractivity (Wildman–Crippen MR) is 93.1 cm³/mol. The summed E-state index contributed by atoms with van der Waals surface area (Å²) in [7, 11) is -3.21. The predicted octanol–water partition coefficient (Wildman–Crippen LogP) is 1.85. The minimum Gasteiger partial charge on any atom is -0.336 e. The van der Waals surface area contributed by atoms with E-state index in [2.05, 4.69) is 0 Å². The lowest BCUT2D eigenvalue weighted by Crippen LogP contribution is -2.50. The Morgan fingerprint density at radius 2 is 1.71 bits per heavy atom. The van der Waals surface area contributed by atoms with Crippen LogP contribution in [-0.4, -0.2) is 60.5 Å². The lowest BCUT2D eigenvalue weighted by molar-refractivity contribution is 0.0698. The van der Waals surface area contributed by atoms with E-state index >= 15 is 0 Å². The monoisotopic (exact) mass is 367 g/mol. The number of halogens is 1. The fourth-order valence-electron chi connectivity index (χ4n) is 2.74. The molecule has 0 N–H and O–H groups in total. The van der Waals surface area contributed by atoms with Crippen molar-refractivity contribution in [3.63, 3.8) is 0 Å². The number of benzene rings is 1. The Labute approximate surface area is 146 Å². The van der Waals surface area contributed by atoms with Gasteiger partial charge in [0.05, 0.1) is 17.0 Å². The zero-order valence-electron chi connectivity index (χ0n) is 13.2. The van der Waals surface area contributed by atoms with Crippen LogP contribution in [-0.2, 0) is 10.0 Å². The van der Waals surface area contributed by atoms with Gasteiger partial charge in [-0.2, -0.15) is 4.31 Å². The smallest absolute Gasteiger partial charge is 0.254 e. The Morgan fingerprint density at radius 3 is 2.29 bits per heavy atom. The third-order valence-electron chi connectivity index (χ3n) is 4.07. The molecule has 0 atom stereocenters. The van der Waals surface area contributed by atoms with Gasteiger partial charge in [0.2, 0.25) is 10.0 Å². The first-order valence-corrected chi connectivity index (χ1v) is 9.76. The highest BCUT2D eigenvalue weighted by molar-refractivity contribution is 7.88. The molecule has 128 valence electrons. The molecule has 0 unspecified atom stereocenters. The summed E-state index contributed by atoms with van der Waals surface area (Å²) in [6.45, 7) is 1.41. The largest absolute Gasteiger partial charge is 0.336 e. The minimum absolute atomic E-state index is 0.117. The summed E-state index contributed by atoms with van der Waals surface area (Å²) in [5.74, 6) is -0.117. The zero-order chi connectivity index (χ0) is 17.3. The van der Waals surface area contributed by atoms with E-state index in [4.69, 9.17) is 11.6 Å². The Bertz CT molecular complexity index is 841. The third-order valence-corrected chi connectivity index (χ3v) is 5.69. The number of rotatable bonds is 3. The van der Waals surface area contributed by atoms with Crippen molar-refractivity contribution in [1.29, 1.82) is 0 Å². The zero-order valence-corrected chi connectivity index (χ0v) is 14.8. The molecule has 0 aliphatic carbocycles. The number of hydrogen-bond donors (Lipinski definition) is 0. The topological polar surface area (TPSA) is 62.6 Å². The summed E-state index contributed by atoms with van der Waals surface area (Å²) in [4.78, 5) is 14.4. The van der Waals surface area contributed by atoms with E-state index in [1.165, 1.54) is 10.6 Å². The number of sulfonamides is 1. The highest BCUT2D eigenvalue weighted by atomic mass is 35.5. The van der Waals surface area contributed by atoms with Gasteiger partial charge in [0.15, 0.2) is 0 Å². The molecule has 0 spiro atoms. The van der Waals surface area contributed by atoms with E-state index in [-0.39, 0.29) is 5.91 Å². The van der Waals surface area contributed by atoms with Crippen LogP contribution in [0.25, 0.3) is 5.69 Å². The van der Waals surface area contributed by atoms with Crippen molar-refractivity contribution in [3.05, 3.63) is 53.3 Å². The molecule has 6 nitrogen and oxygen atoms in total. The lowest BCUT2D eigenvalue weighted by atomic mass is 10.1. The van der Waals surface area contributed by atoms with Crippen LogP contribution in [0.2, 0.25) is 5.02 Å². The molecule has 0 saturated carbocycles. The molecule has 0 radical (unpaired) electrons. The van der Waals surface area contributed by atoms with Gasteiger partial charge in [0, 0.05) is 44.1 Å². The Balaban J connectivity index is 1.78. The van der Waals surface area contributed by atoms with Gasteiger partial charge >= 0.3 is 0 Å². The molecule has 3 rings (SSSR count). The number of hydrogen-bond acceptors (Lipinski definition) is 3. The van der Waals surface area contributed by atoms with Crippen molar-refractivity contribution in [2.24, 2.45) is 0 Å². The second-order valence-corrected chi connectivity index (χ2v) is 8.10. The number of nitrogens with zero attached hydrogens (tertiary/aromatic N) is 3. The molecule has 1 aromatic carbocycles. The molecule has 2 heterocycles. The SMILES string of the molecule is CS(=O)(=O)N1CCN(C(=O)c2ccc(Cl)c(-n3cccc3)c2)CC1. The van der Waals surface area contributed by atoms with Crippen molar-refractivity contribution in [3.8, 4) is 5.69 Å². The standard InChI is InChI=1S/C16H18ClN3O3S/c1-24(22,23)20-10-8-19(9-11-20)16(21)13-4-5-14(17)15(12-13)18-6-2-3-7-18/h2-7,12H,8-11H2,1H3. The van der Waals surface area contributed by atoms with Gasteiger partial charge < -0.3 is 9.47 Å². The summed E-state index contributed by atoms with van der Waals surface area (Å²) >= 11 is 6.23. The number of aromatic nitrogens is 1. The summed E-state index contributed by atoms with van der Waals surface area (Å²) in [6.07, 6.45) is 4.91. The van der Waals surface area contributed by atoms with Crippen LogP contribution >= 0.6 is 11.6 Å². The van der Waals surface area contributed by atoms with Crippen LogP contribution in [0, 0.1) is 0 Å². The van der Waals surface area contributed by atoms with Gasteiger partial charge in [-0.15, -0.1) is 0 Å². The van der Waals surface area contributed by atoms with Crippen molar-refractivity contribution in [1.82, 2.24) is 13.8 Å². The van der Waals surface area contributed by atoms with Crippen LogP contribution < -0.4 is 0 Å². The second kappa shape index (κ2) is 6.58. The van der Waals surface area contributed by atoms with Crippen molar-refractivity contribution >= 4 is 27.5 Å². The van der Waals surface area contributed by atoms with Crippen LogP contribution in [0.4, 0.5) is 0 Å². The molecule has 1 amide bonds. The number of amides is 1. The van der Waals surface area contributed by atoms with E-state index in [1.54, 1.807) is 23.1 Å². The number of piperazine rings is 1. The average molecular weight is 368 g/mol.